The summed E-state index contributed by atoms with van der Waals surface area (Å²) in [5.74, 6) is -0.0670. The van der Waals surface area contributed by atoms with Gasteiger partial charge in [-0.3, -0.25) is 10.1 Å². The van der Waals surface area contributed by atoms with E-state index in [4.69, 9.17) is 9.47 Å². The van der Waals surface area contributed by atoms with Crippen molar-refractivity contribution in [3.8, 4) is 5.75 Å². The summed E-state index contributed by atoms with van der Waals surface area (Å²) < 4.78 is 9.86. The first-order valence-electron chi connectivity index (χ1n) is 7.64. The molecule has 0 spiro atoms. The summed E-state index contributed by atoms with van der Waals surface area (Å²) in [6.07, 6.45) is 0. The molecular weight excluding hydrogens is 324 g/mol. The Labute approximate surface area is 145 Å². The third kappa shape index (κ3) is 4.47. The number of carbonyl (C=O) groups is 1. The minimum absolute atomic E-state index is 0.423. The first-order chi connectivity index (χ1) is 12.0. The Balaban J connectivity index is 2.36. The number of aryl methyl sites for hydroxylation is 1. The molecule has 0 saturated carbocycles. The third-order valence-electron chi connectivity index (χ3n) is 3.83. The quantitative estimate of drug-likeness (QED) is 0.472. The molecule has 0 fully saturated rings. The van der Waals surface area contributed by atoms with Crippen molar-refractivity contribution >= 4 is 11.7 Å². The molecule has 0 aliphatic rings. The van der Waals surface area contributed by atoms with Crippen LogP contribution in [0.5, 0.6) is 5.75 Å². The molecule has 0 heterocycles. The van der Waals surface area contributed by atoms with Crippen LogP contribution in [0.4, 0.5) is 5.69 Å². The second kappa shape index (κ2) is 8.14. The van der Waals surface area contributed by atoms with Gasteiger partial charge in [0, 0.05) is 16.2 Å². The number of rotatable bonds is 7. The van der Waals surface area contributed by atoms with Gasteiger partial charge in [-0.05, 0) is 31.2 Å². The summed E-state index contributed by atoms with van der Waals surface area (Å²) in [6, 6.07) is 11.1. The van der Waals surface area contributed by atoms with Gasteiger partial charge in [-0.1, -0.05) is 29.8 Å². The van der Waals surface area contributed by atoms with Crippen LogP contribution in [0, 0.1) is 17.0 Å². The van der Waals surface area contributed by atoms with Crippen LogP contribution in [-0.2, 0) is 9.53 Å². The van der Waals surface area contributed by atoms with Crippen molar-refractivity contribution < 1.29 is 19.2 Å². The van der Waals surface area contributed by atoms with E-state index in [1.165, 1.54) is 7.11 Å². The lowest BCUT2D eigenvalue weighted by Crippen LogP contribution is -2.40. The molecule has 0 aromatic heterocycles. The van der Waals surface area contributed by atoms with E-state index in [0.717, 1.165) is 5.56 Å². The van der Waals surface area contributed by atoms with Crippen molar-refractivity contribution in [3.63, 3.8) is 0 Å². The number of ether oxygens (including phenoxy) is 2. The van der Waals surface area contributed by atoms with Gasteiger partial charge in [0.1, 0.15) is 5.75 Å². The average Bonchev–Trinajstić information content (AvgIpc) is 2.62. The molecule has 2 rings (SSSR count). The van der Waals surface area contributed by atoms with Gasteiger partial charge >= 0.3 is 5.97 Å². The molecule has 0 aliphatic heterocycles. The number of anilines is 1. The predicted octanol–water partition coefficient (Wildman–Crippen LogP) is 2.98. The SMILES string of the molecule is COC(=O)[C@H](Nc1ccc(OC)cc1)[C@@H](c1ccc(C)cc1)[N+](=O)[O-]. The zero-order valence-electron chi connectivity index (χ0n) is 14.3. The molecule has 25 heavy (non-hydrogen) atoms. The van der Waals surface area contributed by atoms with Crippen molar-refractivity contribution in [2.75, 3.05) is 19.5 Å². The number of carbonyl (C=O) groups excluding carboxylic acids is 1. The van der Waals surface area contributed by atoms with Gasteiger partial charge < -0.3 is 14.8 Å². The number of esters is 1. The highest BCUT2D eigenvalue weighted by Gasteiger charge is 2.39. The largest absolute Gasteiger partial charge is 0.497 e. The zero-order chi connectivity index (χ0) is 18.4. The summed E-state index contributed by atoms with van der Waals surface area (Å²) in [4.78, 5) is 23.4. The number of methoxy groups -OCH3 is 2. The van der Waals surface area contributed by atoms with Crippen molar-refractivity contribution in [1.82, 2.24) is 0 Å². The molecule has 0 bridgehead atoms. The maximum Gasteiger partial charge on any atom is 0.335 e. The van der Waals surface area contributed by atoms with Gasteiger partial charge in [0.25, 0.3) is 6.04 Å². The maximum atomic E-state index is 12.2. The molecule has 0 saturated heterocycles. The van der Waals surface area contributed by atoms with Crippen LogP contribution in [0.2, 0.25) is 0 Å². The molecular formula is C18H20N2O5. The minimum atomic E-state index is -1.28. The van der Waals surface area contributed by atoms with Crippen LogP contribution >= 0.6 is 0 Å². The Bertz CT molecular complexity index is 728. The van der Waals surface area contributed by atoms with Crippen molar-refractivity contribution in [3.05, 3.63) is 69.8 Å². The number of nitro groups is 1. The van der Waals surface area contributed by atoms with Gasteiger partial charge in [0.05, 0.1) is 14.2 Å². The normalized spacial score (nSPS) is 12.8. The number of hydrogen-bond donors (Lipinski definition) is 1. The lowest BCUT2D eigenvalue weighted by molar-refractivity contribution is -0.529. The molecule has 2 atom stereocenters. The number of nitrogens with zero attached hydrogens (tertiary/aromatic N) is 1. The highest BCUT2D eigenvalue weighted by molar-refractivity contribution is 5.80. The van der Waals surface area contributed by atoms with Crippen molar-refractivity contribution in [2.45, 2.75) is 19.0 Å². The Morgan fingerprint density at radius 2 is 1.68 bits per heavy atom. The van der Waals surface area contributed by atoms with E-state index >= 15 is 0 Å². The van der Waals surface area contributed by atoms with Gasteiger partial charge in [0.15, 0.2) is 6.04 Å². The van der Waals surface area contributed by atoms with Crippen LogP contribution in [0.3, 0.4) is 0 Å². The van der Waals surface area contributed by atoms with E-state index in [0.29, 0.717) is 17.0 Å². The monoisotopic (exact) mass is 344 g/mol. The van der Waals surface area contributed by atoms with E-state index in [-0.39, 0.29) is 0 Å². The number of benzene rings is 2. The van der Waals surface area contributed by atoms with Gasteiger partial charge in [-0.15, -0.1) is 0 Å². The average molecular weight is 344 g/mol. The molecule has 2 aromatic carbocycles. The molecule has 1 N–H and O–H groups in total. The Hall–Kier alpha value is -3.09. The van der Waals surface area contributed by atoms with E-state index < -0.39 is 23.0 Å². The van der Waals surface area contributed by atoms with Crippen LogP contribution in [-0.4, -0.2) is 31.2 Å². The third-order valence-corrected chi connectivity index (χ3v) is 3.83. The fourth-order valence-electron chi connectivity index (χ4n) is 2.46. The number of nitrogens with one attached hydrogen (secondary N) is 1. The molecule has 0 unspecified atom stereocenters. The summed E-state index contributed by atoms with van der Waals surface area (Å²) >= 11 is 0. The second-order valence-electron chi connectivity index (χ2n) is 5.51. The molecule has 7 heteroatoms. The zero-order valence-corrected chi connectivity index (χ0v) is 14.3. The highest BCUT2D eigenvalue weighted by Crippen LogP contribution is 2.26. The van der Waals surface area contributed by atoms with Crippen molar-refractivity contribution in [1.29, 1.82) is 0 Å². The second-order valence-corrected chi connectivity index (χ2v) is 5.51. The summed E-state index contributed by atoms with van der Waals surface area (Å²) in [5, 5.41) is 14.6. The smallest absolute Gasteiger partial charge is 0.335 e. The van der Waals surface area contributed by atoms with Crippen LogP contribution < -0.4 is 10.1 Å². The van der Waals surface area contributed by atoms with E-state index in [9.17, 15) is 14.9 Å². The molecule has 0 aliphatic carbocycles. The Morgan fingerprint density at radius 3 is 2.16 bits per heavy atom. The Morgan fingerprint density at radius 1 is 1.08 bits per heavy atom. The minimum Gasteiger partial charge on any atom is -0.497 e. The predicted molar refractivity (Wildman–Crippen MR) is 93.3 cm³/mol. The van der Waals surface area contributed by atoms with Gasteiger partial charge in [-0.25, -0.2) is 4.79 Å². The molecule has 0 radical (unpaired) electrons. The fourth-order valence-corrected chi connectivity index (χ4v) is 2.46. The first kappa shape index (κ1) is 18.3. The van der Waals surface area contributed by atoms with Crippen LogP contribution in [0.25, 0.3) is 0 Å². The summed E-state index contributed by atoms with van der Waals surface area (Å²) in [6.45, 7) is 1.89. The lowest BCUT2D eigenvalue weighted by atomic mass is 9.98. The lowest BCUT2D eigenvalue weighted by Gasteiger charge is -2.21. The molecule has 0 amide bonds. The van der Waals surface area contributed by atoms with Gasteiger partial charge in [0.2, 0.25) is 0 Å². The molecule has 7 nitrogen and oxygen atoms in total. The van der Waals surface area contributed by atoms with Crippen molar-refractivity contribution in [2.24, 2.45) is 0 Å². The summed E-state index contributed by atoms with van der Waals surface area (Å²) in [5.41, 5.74) is 1.95. The molecule has 132 valence electrons. The molecule has 2 aromatic rings. The van der Waals surface area contributed by atoms with E-state index in [1.807, 2.05) is 6.92 Å². The number of hydrogen-bond acceptors (Lipinski definition) is 6. The standard InChI is InChI=1S/C18H20N2O5/c1-12-4-6-13(7-5-12)17(20(22)23)16(18(21)25-3)19-14-8-10-15(24-2)11-9-14/h4-11,16-17,19H,1-3H3/t16-,17-/m1/s1. The van der Waals surface area contributed by atoms with Crippen LogP contribution in [0.15, 0.2) is 48.5 Å². The van der Waals surface area contributed by atoms with Gasteiger partial charge in [-0.2, -0.15) is 0 Å². The topological polar surface area (TPSA) is 90.7 Å². The maximum absolute atomic E-state index is 12.2. The fraction of sp³-hybridized carbons (Fsp3) is 0.278. The highest BCUT2D eigenvalue weighted by atomic mass is 16.6. The Kier molecular flexibility index (Phi) is 5.94. The first-order valence-corrected chi connectivity index (χ1v) is 7.64. The summed E-state index contributed by atoms with van der Waals surface area (Å²) in [7, 11) is 2.75. The van der Waals surface area contributed by atoms with E-state index in [1.54, 1.807) is 55.6 Å². The van der Waals surface area contributed by atoms with Crippen LogP contribution in [0.1, 0.15) is 17.2 Å². The van der Waals surface area contributed by atoms with E-state index in [2.05, 4.69) is 5.32 Å².